The predicted molar refractivity (Wildman–Crippen MR) is 85.1 cm³/mol. The highest BCUT2D eigenvalue weighted by atomic mass is 32.2. The second-order valence-corrected chi connectivity index (χ2v) is 5.90. The van der Waals surface area contributed by atoms with Crippen LogP contribution in [0.1, 0.15) is 12.0 Å². The van der Waals surface area contributed by atoms with Crippen LogP contribution in [-0.4, -0.2) is 47.5 Å². The van der Waals surface area contributed by atoms with Crippen molar-refractivity contribution in [2.24, 2.45) is 0 Å². The van der Waals surface area contributed by atoms with Crippen LogP contribution < -0.4 is 10.2 Å². The molecule has 0 radical (unpaired) electrons. The van der Waals surface area contributed by atoms with Gasteiger partial charge in [0.1, 0.15) is 0 Å². The van der Waals surface area contributed by atoms with Crippen molar-refractivity contribution >= 4 is 35.2 Å². The van der Waals surface area contributed by atoms with Crippen LogP contribution in [0, 0.1) is 0 Å². The predicted octanol–water partition coefficient (Wildman–Crippen LogP) is 0.900. The van der Waals surface area contributed by atoms with Gasteiger partial charge in [-0.05, 0) is 18.1 Å². The molecule has 1 heterocycles. The number of amides is 2. The molecule has 1 aromatic carbocycles. The van der Waals surface area contributed by atoms with Crippen LogP contribution in [0.4, 0.5) is 5.69 Å². The van der Waals surface area contributed by atoms with Crippen LogP contribution >= 0.6 is 11.8 Å². The molecule has 0 aliphatic carbocycles. The lowest BCUT2D eigenvalue weighted by Crippen LogP contribution is -2.41. The Labute approximate surface area is 132 Å². The van der Waals surface area contributed by atoms with E-state index < -0.39 is 5.97 Å². The Morgan fingerprint density at radius 3 is 2.77 bits per heavy atom. The molecule has 6 nitrogen and oxygen atoms in total. The molecule has 0 fully saturated rings. The number of aryl methyl sites for hydroxylation is 1. The number of nitrogens with zero attached hydrogens (tertiary/aromatic N) is 1. The first-order valence-corrected chi connectivity index (χ1v) is 8.18. The lowest BCUT2D eigenvalue weighted by Gasteiger charge is -2.29. The molecule has 1 aliphatic rings. The lowest BCUT2D eigenvalue weighted by molar-refractivity contribution is -0.133. The smallest absolute Gasteiger partial charge is 0.313 e. The standard InChI is InChI=1S/C15H18N2O4S/c18-13(9-22-10-15(20)21)16-7-8-17-12-4-2-1-3-11(12)5-6-14(17)19/h1-4H,5-10H2,(H,16,18)(H,20,21). The fraction of sp³-hybridized carbons (Fsp3) is 0.400. The highest BCUT2D eigenvalue weighted by molar-refractivity contribution is 8.00. The third kappa shape index (κ3) is 4.49. The molecule has 22 heavy (non-hydrogen) atoms. The summed E-state index contributed by atoms with van der Waals surface area (Å²) in [7, 11) is 0. The summed E-state index contributed by atoms with van der Waals surface area (Å²) in [6.45, 7) is 0.776. The highest BCUT2D eigenvalue weighted by Crippen LogP contribution is 2.26. The van der Waals surface area contributed by atoms with Crippen molar-refractivity contribution in [3.05, 3.63) is 29.8 Å². The molecule has 0 saturated heterocycles. The first kappa shape index (κ1) is 16.4. The van der Waals surface area contributed by atoms with Crippen molar-refractivity contribution < 1.29 is 19.5 Å². The maximum atomic E-state index is 12.0. The van der Waals surface area contributed by atoms with Crippen LogP contribution in [0.2, 0.25) is 0 Å². The monoisotopic (exact) mass is 322 g/mol. The second kappa shape index (κ2) is 7.84. The molecule has 2 rings (SSSR count). The van der Waals surface area contributed by atoms with Gasteiger partial charge in [0.2, 0.25) is 11.8 Å². The molecule has 1 aliphatic heterocycles. The molecule has 0 aromatic heterocycles. The fourth-order valence-electron chi connectivity index (χ4n) is 2.33. The Kier molecular flexibility index (Phi) is 5.83. The maximum Gasteiger partial charge on any atom is 0.313 e. The Balaban J connectivity index is 1.80. The summed E-state index contributed by atoms with van der Waals surface area (Å²) in [4.78, 5) is 35.6. The SMILES string of the molecule is O=C(O)CSCC(=O)NCCN1C(=O)CCc2ccccc21. The Morgan fingerprint density at radius 1 is 1.23 bits per heavy atom. The zero-order chi connectivity index (χ0) is 15.9. The maximum absolute atomic E-state index is 12.0. The van der Waals surface area contributed by atoms with Crippen molar-refractivity contribution in [3.63, 3.8) is 0 Å². The number of para-hydroxylation sites is 1. The van der Waals surface area contributed by atoms with E-state index in [0.29, 0.717) is 19.5 Å². The average molecular weight is 322 g/mol. The topological polar surface area (TPSA) is 86.7 Å². The van der Waals surface area contributed by atoms with E-state index in [2.05, 4.69) is 5.32 Å². The summed E-state index contributed by atoms with van der Waals surface area (Å²) in [6, 6.07) is 7.77. The number of carbonyl (C=O) groups excluding carboxylic acids is 2. The van der Waals surface area contributed by atoms with Gasteiger partial charge in [-0.3, -0.25) is 14.4 Å². The summed E-state index contributed by atoms with van der Waals surface area (Å²) in [5, 5.41) is 11.2. The first-order chi connectivity index (χ1) is 10.6. The largest absolute Gasteiger partial charge is 0.481 e. The van der Waals surface area contributed by atoms with E-state index in [1.165, 1.54) is 0 Å². The van der Waals surface area contributed by atoms with Crippen molar-refractivity contribution in [1.29, 1.82) is 0 Å². The molecule has 118 valence electrons. The number of rotatable bonds is 7. The van der Waals surface area contributed by atoms with Crippen molar-refractivity contribution in [3.8, 4) is 0 Å². The molecule has 0 bridgehead atoms. The van der Waals surface area contributed by atoms with Gasteiger partial charge in [0.25, 0.3) is 0 Å². The number of hydrogen-bond acceptors (Lipinski definition) is 4. The Morgan fingerprint density at radius 2 is 2.00 bits per heavy atom. The third-order valence-electron chi connectivity index (χ3n) is 3.31. The van der Waals surface area contributed by atoms with Gasteiger partial charge >= 0.3 is 5.97 Å². The molecule has 0 spiro atoms. The first-order valence-electron chi connectivity index (χ1n) is 7.02. The van der Waals surface area contributed by atoms with Crippen molar-refractivity contribution in [2.45, 2.75) is 12.8 Å². The molecule has 0 saturated carbocycles. The quantitative estimate of drug-likeness (QED) is 0.779. The van der Waals surface area contributed by atoms with E-state index in [9.17, 15) is 14.4 Å². The molecule has 0 unspecified atom stereocenters. The van der Waals surface area contributed by atoms with Crippen LogP contribution in [0.5, 0.6) is 0 Å². The van der Waals surface area contributed by atoms with Gasteiger partial charge in [-0.25, -0.2) is 0 Å². The molecule has 2 amide bonds. The Bertz CT molecular complexity index is 576. The van der Waals surface area contributed by atoms with Crippen molar-refractivity contribution in [1.82, 2.24) is 5.32 Å². The zero-order valence-corrected chi connectivity index (χ0v) is 12.9. The Hall–Kier alpha value is -2.02. The number of hydrogen-bond donors (Lipinski definition) is 2. The van der Waals surface area contributed by atoms with Gasteiger partial charge in [-0.15, -0.1) is 11.8 Å². The number of thioether (sulfide) groups is 1. The number of nitrogens with one attached hydrogen (secondary N) is 1. The van der Waals surface area contributed by atoms with E-state index in [1.54, 1.807) is 4.90 Å². The minimum absolute atomic E-state index is 0.0631. The lowest BCUT2D eigenvalue weighted by atomic mass is 10.0. The van der Waals surface area contributed by atoms with Crippen LogP contribution in [0.3, 0.4) is 0 Å². The number of carbonyl (C=O) groups is 3. The van der Waals surface area contributed by atoms with Gasteiger partial charge in [-0.2, -0.15) is 0 Å². The second-order valence-electron chi connectivity index (χ2n) is 4.91. The summed E-state index contributed by atoms with van der Waals surface area (Å²) < 4.78 is 0. The van der Waals surface area contributed by atoms with Crippen LogP contribution in [-0.2, 0) is 20.8 Å². The van der Waals surface area contributed by atoms with Crippen LogP contribution in [0.25, 0.3) is 0 Å². The number of carboxylic acids is 1. The summed E-state index contributed by atoms with van der Waals surface area (Å²) >= 11 is 1.05. The minimum atomic E-state index is -0.937. The minimum Gasteiger partial charge on any atom is -0.481 e. The number of anilines is 1. The summed E-state index contributed by atoms with van der Waals surface area (Å²) in [5.74, 6) is -1.08. The van der Waals surface area contributed by atoms with E-state index in [4.69, 9.17) is 5.11 Å². The normalized spacial score (nSPS) is 13.6. The molecule has 7 heteroatoms. The fourth-order valence-corrected chi connectivity index (χ4v) is 2.89. The van der Waals surface area contributed by atoms with Gasteiger partial charge < -0.3 is 15.3 Å². The highest BCUT2D eigenvalue weighted by Gasteiger charge is 2.23. The van der Waals surface area contributed by atoms with Gasteiger partial charge in [-0.1, -0.05) is 18.2 Å². The number of carboxylic acid groups (broad SMARTS) is 1. The summed E-state index contributed by atoms with van der Waals surface area (Å²) in [6.07, 6.45) is 1.24. The van der Waals surface area contributed by atoms with E-state index >= 15 is 0 Å². The van der Waals surface area contributed by atoms with E-state index in [0.717, 1.165) is 29.4 Å². The average Bonchev–Trinajstić information content (AvgIpc) is 2.49. The van der Waals surface area contributed by atoms with Gasteiger partial charge in [0, 0.05) is 25.2 Å². The molecule has 2 N–H and O–H groups in total. The molecule has 1 aromatic rings. The van der Waals surface area contributed by atoms with E-state index in [-0.39, 0.29) is 23.3 Å². The van der Waals surface area contributed by atoms with Crippen LogP contribution in [0.15, 0.2) is 24.3 Å². The third-order valence-corrected chi connectivity index (χ3v) is 4.23. The zero-order valence-electron chi connectivity index (χ0n) is 12.1. The number of aliphatic carboxylic acids is 1. The number of benzene rings is 1. The van der Waals surface area contributed by atoms with Gasteiger partial charge in [0.05, 0.1) is 11.5 Å². The van der Waals surface area contributed by atoms with Gasteiger partial charge in [0.15, 0.2) is 0 Å². The molecule has 0 atom stereocenters. The summed E-state index contributed by atoms with van der Waals surface area (Å²) in [5.41, 5.74) is 2.05. The number of fused-ring (bicyclic) bond motifs is 1. The molecular weight excluding hydrogens is 304 g/mol. The van der Waals surface area contributed by atoms with Crippen molar-refractivity contribution in [2.75, 3.05) is 29.5 Å². The molecular formula is C15H18N2O4S. The van der Waals surface area contributed by atoms with E-state index in [1.807, 2.05) is 24.3 Å².